The highest BCUT2D eigenvalue weighted by atomic mass is 35.5. The number of nitrogens with two attached hydrogens (primary N) is 1. The van der Waals surface area contributed by atoms with E-state index in [0.717, 1.165) is 91.3 Å². The van der Waals surface area contributed by atoms with Gasteiger partial charge in [-0.15, -0.1) is 0 Å². The molecule has 4 aromatic heterocycles. The average molecular weight is 1060 g/mol. The van der Waals surface area contributed by atoms with Crippen molar-refractivity contribution in [2.75, 3.05) is 26.2 Å². The predicted molar refractivity (Wildman–Crippen MR) is 298 cm³/mol. The summed E-state index contributed by atoms with van der Waals surface area (Å²) in [5.74, 6) is 0. The Labute approximate surface area is 453 Å². The molecule has 6 aromatic rings. The van der Waals surface area contributed by atoms with Gasteiger partial charge in [0, 0.05) is 96.1 Å². The molecule has 2 aromatic carbocycles. The van der Waals surface area contributed by atoms with Crippen LogP contribution in [0.3, 0.4) is 0 Å². The lowest BCUT2D eigenvalue weighted by molar-refractivity contribution is 0.0226. The van der Waals surface area contributed by atoms with Gasteiger partial charge in [-0.25, -0.2) is 19.6 Å². The molecule has 0 saturated carbocycles. The second-order valence-electron chi connectivity index (χ2n) is 21.3. The Balaban J connectivity index is 0.000000186. The molecule has 2 fully saturated rings. The molecule has 2 saturated heterocycles. The van der Waals surface area contributed by atoms with Gasteiger partial charge in [-0.2, -0.15) is 0 Å². The first-order valence-electron chi connectivity index (χ1n) is 25.3. The van der Waals surface area contributed by atoms with Crippen molar-refractivity contribution in [1.82, 2.24) is 38.9 Å². The Morgan fingerprint density at radius 3 is 1.51 bits per heavy atom. The number of imidazole rings is 2. The summed E-state index contributed by atoms with van der Waals surface area (Å²) in [4.78, 5) is 50.3. The highest BCUT2D eigenvalue weighted by molar-refractivity contribution is 6.31. The Bertz CT molecular complexity index is 3380. The largest absolute Gasteiger partial charge is 0.444 e. The number of rotatable bonds is 5. The Kier molecular flexibility index (Phi) is 15.4. The van der Waals surface area contributed by atoms with Crippen molar-refractivity contribution >= 4 is 69.8 Å². The second-order valence-corrected chi connectivity index (χ2v) is 22.2. The standard InChI is InChI=1S/C29H30ClN7O2.C29H32ClN5O2/c1-29(2,3)39-28(38)37-12-9-18(10-13-37)25-21-8-7-20(30)15-22(21)23(14-19-6-5-11-33-26(19)25)27(34-35-31)24-16-32-17-36(24)4;1-29(2,3)37-28(36)35-12-9-18(10-13-35)25-21-8-7-20(30)15-22(21)23(14-19-6-5-11-33-27(19)25)26(31)24-16-32-17-34(24)4/h5-8,11,14-17,27H,9-10,12-13H2,1-4H3;5-8,11,14-17,26H,9-10,12-13,31H2,1-4H3. The van der Waals surface area contributed by atoms with Gasteiger partial charge in [-0.1, -0.05) is 63.7 Å². The number of fused-ring (bicyclic) bond motifs is 4. The van der Waals surface area contributed by atoms with Crippen LogP contribution in [0.25, 0.3) is 44.9 Å². The number of nitrogens with zero attached hydrogens (tertiary/aromatic N) is 11. The number of hydrogen-bond acceptors (Lipinski definition) is 10. The molecule has 2 unspecified atom stereocenters. The van der Waals surface area contributed by atoms with E-state index in [1.54, 1.807) is 41.0 Å². The Hall–Kier alpha value is -7.49. The molecule has 0 bridgehead atoms. The van der Waals surface area contributed by atoms with Crippen molar-refractivity contribution in [3.05, 3.63) is 186 Å². The lowest BCUT2D eigenvalue weighted by Crippen LogP contribution is -2.40. The van der Waals surface area contributed by atoms with Gasteiger partial charge in [0.05, 0.1) is 47.7 Å². The van der Waals surface area contributed by atoms with Crippen LogP contribution < -0.4 is 5.73 Å². The molecule has 392 valence electrons. The summed E-state index contributed by atoms with van der Waals surface area (Å²) in [6.45, 7) is 13.6. The maximum absolute atomic E-state index is 12.7. The third kappa shape index (κ3) is 11.5. The molecule has 2 aliphatic carbocycles. The maximum atomic E-state index is 12.7. The number of halogens is 2. The van der Waals surface area contributed by atoms with Crippen LogP contribution in [0.2, 0.25) is 10.0 Å². The van der Waals surface area contributed by atoms with Gasteiger partial charge in [0.15, 0.2) is 0 Å². The zero-order valence-electron chi connectivity index (χ0n) is 44.1. The first-order chi connectivity index (χ1) is 36.3. The number of piperidine rings is 2. The minimum absolute atomic E-state index is 0.269. The normalized spacial score (nSPS) is 16.2. The zero-order valence-corrected chi connectivity index (χ0v) is 45.6. The van der Waals surface area contributed by atoms with E-state index in [9.17, 15) is 15.1 Å². The lowest BCUT2D eigenvalue weighted by Gasteiger charge is -2.32. The highest BCUT2D eigenvalue weighted by Gasteiger charge is 2.34. The summed E-state index contributed by atoms with van der Waals surface area (Å²) in [7, 11) is 3.82. The van der Waals surface area contributed by atoms with Crippen molar-refractivity contribution in [2.45, 2.75) is 90.5 Å². The predicted octanol–water partition coefficient (Wildman–Crippen LogP) is 13.1. The highest BCUT2D eigenvalue weighted by Crippen LogP contribution is 2.47. The molecule has 6 heterocycles. The van der Waals surface area contributed by atoms with Gasteiger partial charge in [0.2, 0.25) is 0 Å². The van der Waals surface area contributed by atoms with Gasteiger partial charge in [0.1, 0.15) is 17.2 Å². The van der Waals surface area contributed by atoms with Gasteiger partial charge < -0.3 is 34.1 Å². The molecular weight excluding hydrogens is 1000 g/mol. The third-order valence-corrected chi connectivity index (χ3v) is 14.2. The molecule has 10 rings (SSSR count). The van der Waals surface area contributed by atoms with Crippen molar-refractivity contribution in [3.8, 4) is 0 Å². The molecule has 4 aliphatic rings. The molecule has 2 N–H and O–H groups in total. The quantitative estimate of drug-likeness (QED) is 0.0992. The number of aromatic nitrogens is 6. The minimum atomic E-state index is -0.633. The first kappa shape index (κ1) is 53.3. The van der Waals surface area contributed by atoms with Crippen molar-refractivity contribution in [2.24, 2.45) is 24.9 Å². The maximum Gasteiger partial charge on any atom is 0.410 e. The van der Waals surface area contributed by atoms with E-state index >= 15 is 0 Å². The van der Waals surface area contributed by atoms with E-state index in [4.69, 9.17) is 48.4 Å². The van der Waals surface area contributed by atoms with E-state index in [1.165, 1.54) is 11.1 Å². The zero-order chi connectivity index (χ0) is 54.1. The van der Waals surface area contributed by atoms with Crippen molar-refractivity contribution in [3.63, 3.8) is 0 Å². The molecule has 18 heteroatoms. The van der Waals surface area contributed by atoms with Crippen LogP contribution in [0.15, 0.2) is 114 Å². The van der Waals surface area contributed by atoms with E-state index in [2.05, 4.69) is 38.2 Å². The van der Waals surface area contributed by atoms with E-state index in [-0.39, 0.29) is 12.2 Å². The number of amides is 2. The number of likely N-dealkylation sites (tertiary alicyclic amines) is 2. The molecule has 0 spiro atoms. The fourth-order valence-corrected chi connectivity index (χ4v) is 10.6. The molecule has 0 radical (unpaired) electrons. The topological polar surface area (TPSA) is 195 Å². The van der Waals surface area contributed by atoms with Gasteiger partial charge in [0.25, 0.3) is 0 Å². The summed E-state index contributed by atoms with van der Waals surface area (Å²) in [6, 6.07) is 18.7. The number of carbonyl (C=O) groups excluding carboxylic acids is 2. The lowest BCUT2D eigenvalue weighted by atomic mass is 9.86. The monoisotopic (exact) mass is 1060 g/mol. The van der Waals surface area contributed by atoms with E-state index in [1.807, 2.05) is 126 Å². The van der Waals surface area contributed by atoms with Crippen LogP contribution >= 0.6 is 23.2 Å². The fourth-order valence-electron chi connectivity index (χ4n) is 10.2. The number of pyridine rings is 2. The summed E-state index contributed by atoms with van der Waals surface area (Å²) in [5, 5.41) is 5.42. The summed E-state index contributed by atoms with van der Waals surface area (Å²) in [6.07, 6.45) is 17.0. The number of azide groups is 1. The second kappa shape index (κ2) is 22.0. The Morgan fingerprint density at radius 1 is 0.658 bits per heavy atom. The van der Waals surface area contributed by atoms with Gasteiger partial charge >= 0.3 is 12.2 Å². The number of benzene rings is 2. The summed E-state index contributed by atoms with van der Waals surface area (Å²) < 4.78 is 15.0. The minimum Gasteiger partial charge on any atom is -0.444 e. The van der Waals surface area contributed by atoms with Gasteiger partial charge in [-0.05, 0) is 155 Å². The van der Waals surface area contributed by atoms with Crippen LogP contribution in [-0.4, -0.2) is 88.4 Å². The van der Waals surface area contributed by atoms with Crippen LogP contribution in [0.5, 0.6) is 0 Å². The van der Waals surface area contributed by atoms with Crippen LogP contribution in [0.1, 0.15) is 135 Å². The molecule has 16 nitrogen and oxygen atoms in total. The molecule has 2 amide bonds. The first-order valence-corrected chi connectivity index (χ1v) is 26.1. The van der Waals surface area contributed by atoms with Crippen LogP contribution in [0.4, 0.5) is 9.59 Å². The number of aryl methyl sites for hydroxylation is 2. The average Bonchev–Trinajstić information content (AvgIpc) is 3.95. The summed E-state index contributed by atoms with van der Waals surface area (Å²) in [5.41, 5.74) is 30.9. The van der Waals surface area contributed by atoms with Crippen molar-refractivity contribution < 1.29 is 19.1 Å². The number of carbonyl (C=O) groups is 2. The SMILES string of the molecule is Cn1cncc1C(N)C1=Cc2cccnc2C(=C2CCN(C(=O)OC(C)(C)C)CC2)c2ccc(Cl)cc21.Cn1cncc1C(N=[N+]=[N-])C1=Cc2cccnc2C(=C2CCN(C(=O)OC(C)(C)C)CC2)c2ccc(Cl)cc21. The molecule has 76 heavy (non-hydrogen) atoms. The molecule has 2 aliphatic heterocycles. The van der Waals surface area contributed by atoms with E-state index < -0.39 is 23.3 Å². The molecular formula is C58H62Cl2N12O4. The van der Waals surface area contributed by atoms with Crippen LogP contribution in [-0.2, 0) is 23.6 Å². The third-order valence-electron chi connectivity index (χ3n) is 13.7. The summed E-state index contributed by atoms with van der Waals surface area (Å²) >= 11 is 13.1. The van der Waals surface area contributed by atoms with Crippen LogP contribution in [0, 0.1) is 0 Å². The van der Waals surface area contributed by atoms with E-state index in [0.29, 0.717) is 49.1 Å². The molecule has 2 atom stereocenters. The number of ether oxygens (including phenoxy) is 2. The Morgan fingerprint density at radius 2 is 1.09 bits per heavy atom. The van der Waals surface area contributed by atoms with Gasteiger partial charge in [-0.3, -0.25) is 9.97 Å². The van der Waals surface area contributed by atoms with Crippen molar-refractivity contribution in [1.29, 1.82) is 0 Å². The smallest absolute Gasteiger partial charge is 0.410 e. The fraction of sp³-hybridized carbons (Fsp3) is 0.345. The number of hydrogen-bond donors (Lipinski definition) is 1.